The summed E-state index contributed by atoms with van der Waals surface area (Å²) in [5.41, 5.74) is 3.14. The van der Waals surface area contributed by atoms with E-state index in [1.807, 2.05) is 19.1 Å². The first-order valence-electron chi connectivity index (χ1n) is 7.32. The molecule has 5 nitrogen and oxygen atoms in total. The summed E-state index contributed by atoms with van der Waals surface area (Å²) in [7, 11) is -3.06. The Kier molecular flexibility index (Phi) is 3.35. The predicted molar refractivity (Wildman–Crippen MR) is 91.7 cm³/mol. The summed E-state index contributed by atoms with van der Waals surface area (Å²) < 4.78 is 23.7. The van der Waals surface area contributed by atoms with Crippen molar-refractivity contribution in [2.75, 3.05) is 11.1 Å². The minimum atomic E-state index is -3.06. The molecule has 0 unspecified atom stereocenters. The van der Waals surface area contributed by atoms with E-state index in [4.69, 9.17) is 0 Å². The van der Waals surface area contributed by atoms with Crippen molar-refractivity contribution in [1.82, 2.24) is 9.97 Å². The molecule has 1 N–H and O–H groups in total. The Morgan fingerprint density at radius 1 is 1.30 bits per heavy atom. The Morgan fingerprint density at radius 2 is 2.17 bits per heavy atom. The summed E-state index contributed by atoms with van der Waals surface area (Å²) in [4.78, 5) is 10.1. The summed E-state index contributed by atoms with van der Waals surface area (Å²) in [6, 6.07) is 5.57. The quantitative estimate of drug-likeness (QED) is 0.790. The van der Waals surface area contributed by atoms with Gasteiger partial charge in [-0.1, -0.05) is 12.1 Å². The summed E-state index contributed by atoms with van der Waals surface area (Å²) >= 11 is 1.61. The van der Waals surface area contributed by atoms with Crippen molar-refractivity contribution in [3.8, 4) is 0 Å². The average Bonchev–Trinajstić information content (AvgIpc) is 3.06. The van der Waals surface area contributed by atoms with E-state index in [0.717, 1.165) is 32.7 Å². The number of anilines is 1. The zero-order chi connectivity index (χ0) is 16.0. The summed E-state index contributed by atoms with van der Waals surface area (Å²) in [5.74, 6) is 1.04. The molecule has 3 heterocycles. The minimum Gasteiger partial charge on any atom is -0.365 e. The molecule has 0 spiro atoms. The van der Waals surface area contributed by atoms with Crippen LogP contribution < -0.4 is 5.32 Å². The predicted octanol–water partition coefficient (Wildman–Crippen LogP) is 2.94. The summed E-state index contributed by atoms with van der Waals surface area (Å²) in [6.45, 7) is 2.66. The lowest BCUT2D eigenvalue weighted by molar-refractivity contribution is 0.600. The van der Waals surface area contributed by atoms with E-state index in [2.05, 4.69) is 20.7 Å². The molecular formula is C16H15N3O2S2. The van der Waals surface area contributed by atoms with Gasteiger partial charge in [-0.2, -0.15) is 0 Å². The van der Waals surface area contributed by atoms with Crippen molar-refractivity contribution in [3.05, 3.63) is 46.6 Å². The van der Waals surface area contributed by atoms with Gasteiger partial charge >= 0.3 is 0 Å². The number of benzene rings is 1. The first kappa shape index (κ1) is 14.6. The normalized spacial score (nSPS) is 15.7. The van der Waals surface area contributed by atoms with Crippen LogP contribution in [0, 0.1) is 6.92 Å². The van der Waals surface area contributed by atoms with E-state index in [-0.39, 0.29) is 5.75 Å². The molecule has 0 radical (unpaired) electrons. The van der Waals surface area contributed by atoms with Crippen molar-refractivity contribution < 1.29 is 8.42 Å². The van der Waals surface area contributed by atoms with Crippen molar-refractivity contribution in [2.45, 2.75) is 24.8 Å². The fraction of sp³-hybridized carbons (Fsp3) is 0.250. The molecular weight excluding hydrogens is 330 g/mol. The number of rotatable bonds is 3. The van der Waals surface area contributed by atoms with Crippen LogP contribution in [0.25, 0.3) is 10.2 Å². The standard InChI is InChI=1S/C16H15N3O2S2/c1-10-8-22-16-14(10)15(18-9-19-16)17-7-11-2-3-13-12(6-11)4-5-23(13,20)21/h2-3,6,8-9H,4-5,7H2,1H3,(H,17,18,19). The maximum Gasteiger partial charge on any atom is 0.178 e. The Labute approximate surface area is 138 Å². The number of aromatic nitrogens is 2. The largest absolute Gasteiger partial charge is 0.365 e. The van der Waals surface area contributed by atoms with E-state index in [1.54, 1.807) is 23.7 Å². The maximum atomic E-state index is 11.9. The average molecular weight is 345 g/mol. The summed E-state index contributed by atoms with van der Waals surface area (Å²) in [5, 5.41) is 6.48. The van der Waals surface area contributed by atoms with Crippen LogP contribution in [0.5, 0.6) is 0 Å². The number of fused-ring (bicyclic) bond motifs is 2. The molecule has 118 valence electrons. The second-order valence-corrected chi connectivity index (χ2v) is 8.62. The van der Waals surface area contributed by atoms with Crippen LogP contribution >= 0.6 is 11.3 Å². The number of nitrogens with one attached hydrogen (secondary N) is 1. The third-order valence-corrected chi connectivity index (χ3v) is 6.93. The lowest BCUT2D eigenvalue weighted by Gasteiger charge is -2.08. The molecule has 1 aromatic carbocycles. The number of hydrogen-bond donors (Lipinski definition) is 1. The highest BCUT2D eigenvalue weighted by Gasteiger charge is 2.25. The molecule has 2 aromatic heterocycles. The smallest absolute Gasteiger partial charge is 0.178 e. The molecule has 0 bridgehead atoms. The molecule has 1 aliphatic rings. The zero-order valence-electron chi connectivity index (χ0n) is 12.5. The molecule has 0 fully saturated rings. The van der Waals surface area contributed by atoms with E-state index in [0.29, 0.717) is 17.9 Å². The topological polar surface area (TPSA) is 72.0 Å². The summed E-state index contributed by atoms with van der Waals surface area (Å²) in [6.07, 6.45) is 2.17. The molecule has 0 atom stereocenters. The van der Waals surface area contributed by atoms with E-state index in [9.17, 15) is 8.42 Å². The Balaban J connectivity index is 1.61. The minimum absolute atomic E-state index is 0.222. The molecule has 0 aliphatic carbocycles. The number of sulfone groups is 1. The zero-order valence-corrected chi connectivity index (χ0v) is 14.2. The lowest BCUT2D eigenvalue weighted by Crippen LogP contribution is -2.03. The van der Waals surface area contributed by atoms with Gasteiger partial charge in [-0.25, -0.2) is 18.4 Å². The monoisotopic (exact) mass is 345 g/mol. The van der Waals surface area contributed by atoms with E-state index < -0.39 is 9.84 Å². The van der Waals surface area contributed by atoms with Gasteiger partial charge in [0.05, 0.1) is 16.0 Å². The molecule has 1 aliphatic heterocycles. The molecule has 0 saturated heterocycles. The van der Waals surface area contributed by atoms with Crippen LogP contribution in [0.3, 0.4) is 0 Å². The van der Waals surface area contributed by atoms with Gasteiger partial charge in [0, 0.05) is 6.54 Å². The van der Waals surface area contributed by atoms with Crippen LogP contribution in [-0.2, 0) is 22.8 Å². The molecule has 0 saturated carbocycles. The van der Waals surface area contributed by atoms with Crippen LogP contribution in [0.2, 0.25) is 0 Å². The maximum absolute atomic E-state index is 11.9. The highest BCUT2D eigenvalue weighted by molar-refractivity contribution is 7.91. The first-order chi connectivity index (χ1) is 11.0. The molecule has 4 rings (SSSR count). The van der Waals surface area contributed by atoms with Crippen molar-refractivity contribution >= 4 is 37.2 Å². The lowest BCUT2D eigenvalue weighted by atomic mass is 10.1. The Morgan fingerprint density at radius 3 is 3.04 bits per heavy atom. The van der Waals surface area contributed by atoms with Gasteiger partial charge < -0.3 is 5.32 Å². The number of thiophene rings is 1. The van der Waals surface area contributed by atoms with Gasteiger partial charge in [0.15, 0.2) is 9.84 Å². The van der Waals surface area contributed by atoms with E-state index >= 15 is 0 Å². The van der Waals surface area contributed by atoms with E-state index in [1.165, 1.54) is 0 Å². The number of nitrogens with zero attached hydrogens (tertiary/aromatic N) is 2. The highest BCUT2D eigenvalue weighted by atomic mass is 32.2. The fourth-order valence-electron chi connectivity index (χ4n) is 2.93. The first-order valence-corrected chi connectivity index (χ1v) is 9.85. The van der Waals surface area contributed by atoms with Gasteiger partial charge in [0.1, 0.15) is 17.0 Å². The number of aryl methyl sites for hydroxylation is 2. The van der Waals surface area contributed by atoms with Gasteiger partial charge in [-0.3, -0.25) is 0 Å². The van der Waals surface area contributed by atoms with Gasteiger partial charge in [-0.15, -0.1) is 11.3 Å². The Hall–Kier alpha value is -1.99. The second kappa shape index (κ2) is 5.28. The molecule has 3 aromatic rings. The van der Waals surface area contributed by atoms with Crippen molar-refractivity contribution in [3.63, 3.8) is 0 Å². The van der Waals surface area contributed by atoms with Gasteiger partial charge in [0.2, 0.25) is 0 Å². The third-order valence-electron chi connectivity index (χ3n) is 4.11. The van der Waals surface area contributed by atoms with Gasteiger partial charge in [-0.05, 0) is 41.5 Å². The van der Waals surface area contributed by atoms with Crippen LogP contribution in [0.4, 0.5) is 5.82 Å². The van der Waals surface area contributed by atoms with Crippen LogP contribution in [0.1, 0.15) is 16.7 Å². The number of hydrogen-bond acceptors (Lipinski definition) is 6. The van der Waals surface area contributed by atoms with Crippen molar-refractivity contribution in [1.29, 1.82) is 0 Å². The Bertz CT molecular complexity index is 1010. The third kappa shape index (κ3) is 2.49. The highest BCUT2D eigenvalue weighted by Crippen LogP contribution is 2.29. The van der Waals surface area contributed by atoms with Crippen LogP contribution in [-0.4, -0.2) is 24.1 Å². The second-order valence-electron chi connectivity index (χ2n) is 5.69. The molecule has 7 heteroatoms. The molecule has 0 amide bonds. The van der Waals surface area contributed by atoms with Gasteiger partial charge in [0.25, 0.3) is 0 Å². The molecule has 23 heavy (non-hydrogen) atoms. The van der Waals surface area contributed by atoms with Crippen molar-refractivity contribution in [2.24, 2.45) is 0 Å². The SMILES string of the molecule is Cc1csc2ncnc(NCc3ccc4c(c3)CCS4(=O)=O)c12. The fourth-order valence-corrected chi connectivity index (χ4v) is 5.37. The van der Waals surface area contributed by atoms with Crippen LogP contribution in [0.15, 0.2) is 34.8 Å².